The molecule has 0 radical (unpaired) electrons. The summed E-state index contributed by atoms with van der Waals surface area (Å²) in [5.41, 5.74) is -0.190. The van der Waals surface area contributed by atoms with Gasteiger partial charge in [-0.15, -0.1) is 12.4 Å². The normalized spacial score (nSPS) is 15.3. The zero-order valence-corrected chi connectivity index (χ0v) is 13.4. The molecule has 0 atom stereocenters. The predicted octanol–water partition coefficient (Wildman–Crippen LogP) is 2.22. The number of pyridine rings is 1. The topological polar surface area (TPSA) is 71.9 Å². The number of aromatic carboxylic acids is 1. The Morgan fingerprint density at radius 2 is 2.10 bits per heavy atom. The maximum atomic E-state index is 11.0. The molecule has 9 heteroatoms. The second-order valence-corrected chi connectivity index (χ2v) is 4.99. The first-order valence-electron chi connectivity index (χ1n) is 6.10. The molecule has 1 aromatic heterocycles. The molecule has 0 spiro atoms. The summed E-state index contributed by atoms with van der Waals surface area (Å²) in [5.74, 6) is -1.12. The number of halogens is 3. The number of hydrogen-bond acceptors (Lipinski definition) is 5. The molecule has 1 saturated heterocycles. The van der Waals surface area contributed by atoms with Crippen LogP contribution in [-0.2, 0) is 4.74 Å². The van der Waals surface area contributed by atoms with Crippen LogP contribution in [0, 0.1) is 0 Å². The van der Waals surface area contributed by atoms with Crippen molar-refractivity contribution < 1.29 is 19.4 Å². The van der Waals surface area contributed by atoms with Gasteiger partial charge in [0.15, 0.2) is 0 Å². The minimum Gasteiger partial charge on any atom is -0.478 e. The van der Waals surface area contributed by atoms with Crippen LogP contribution in [0.1, 0.15) is 10.4 Å². The van der Waals surface area contributed by atoms with Gasteiger partial charge >= 0.3 is 5.97 Å². The van der Waals surface area contributed by atoms with Crippen molar-refractivity contribution in [2.75, 3.05) is 39.5 Å². The van der Waals surface area contributed by atoms with Gasteiger partial charge in [0.05, 0.1) is 24.4 Å². The minimum atomic E-state index is -1.21. The number of morpholine rings is 1. The Kier molecular flexibility index (Phi) is 7.48. The largest absolute Gasteiger partial charge is 0.478 e. The molecule has 1 fully saturated rings. The van der Waals surface area contributed by atoms with E-state index in [9.17, 15) is 4.79 Å². The minimum absolute atomic E-state index is 0. The van der Waals surface area contributed by atoms with Crippen LogP contribution in [0.15, 0.2) is 6.20 Å². The van der Waals surface area contributed by atoms with Gasteiger partial charge in [0.2, 0.25) is 5.88 Å². The number of ether oxygens (including phenoxy) is 2. The number of rotatable bonds is 5. The number of hydrogen-bond donors (Lipinski definition) is 1. The van der Waals surface area contributed by atoms with E-state index in [2.05, 4.69) is 9.88 Å². The van der Waals surface area contributed by atoms with Crippen molar-refractivity contribution in [1.29, 1.82) is 0 Å². The van der Waals surface area contributed by atoms with Crippen LogP contribution in [0.5, 0.6) is 5.88 Å². The fourth-order valence-electron chi connectivity index (χ4n) is 1.84. The summed E-state index contributed by atoms with van der Waals surface area (Å²) in [5, 5.41) is 8.94. The lowest BCUT2D eigenvalue weighted by molar-refractivity contribution is 0.0320. The summed E-state index contributed by atoms with van der Waals surface area (Å²) in [6.45, 7) is 4.20. The zero-order valence-electron chi connectivity index (χ0n) is 11.1. The highest BCUT2D eigenvalue weighted by atomic mass is 35.5. The molecule has 2 rings (SSSR count). The number of nitrogens with zero attached hydrogens (tertiary/aromatic N) is 2. The van der Waals surface area contributed by atoms with Gasteiger partial charge in [-0.1, -0.05) is 23.2 Å². The summed E-state index contributed by atoms with van der Waals surface area (Å²) >= 11 is 11.7. The van der Waals surface area contributed by atoms with Crippen molar-refractivity contribution in [3.05, 3.63) is 21.8 Å². The summed E-state index contributed by atoms with van der Waals surface area (Å²) in [4.78, 5) is 17.1. The quantitative estimate of drug-likeness (QED) is 0.871. The second-order valence-electron chi connectivity index (χ2n) is 4.21. The molecular formula is C12H15Cl3N2O4. The van der Waals surface area contributed by atoms with E-state index < -0.39 is 5.97 Å². The molecule has 6 nitrogen and oxygen atoms in total. The molecule has 21 heavy (non-hydrogen) atoms. The third-order valence-corrected chi connectivity index (χ3v) is 3.54. The van der Waals surface area contributed by atoms with Crippen LogP contribution in [0.3, 0.4) is 0 Å². The Morgan fingerprint density at radius 3 is 2.71 bits per heavy atom. The Bertz CT molecular complexity index is 496. The van der Waals surface area contributed by atoms with Gasteiger partial charge in [-0.3, -0.25) is 4.90 Å². The van der Waals surface area contributed by atoms with E-state index in [-0.39, 0.29) is 33.9 Å². The third-order valence-electron chi connectivity index (χ3n) is 2.91. The Labute approximate surface area is 138 Å². The molecule has 1 aliphatic heterocycles. The smallest absolute Gasteiger partial charge is 0.339 e. The molecule has 0 saturated carbocycles. The first-order chi connectivity index (χ1) is 9.59. The summed E-state index contributed by atoms with van der Waals surface area (Å²) < 4.78 is 10.7. The monoisotopic (exact) mass is 356 g/mol. The molecule has 118 valence electrons. The first-order valence-corrected chi connectivity index (χ1v) is 6.85. The van der Waals surface area contributed by atoms with E-state index >= 15 is 0 Å². The van der Waals surface area contributed by atoms with Crippen molar-refractivity contribution in [1.82, 2.24) is 9.88 Å². The Hall–Kier alpha value is -0.790. The number of carboxylic acids is 1. The first kappa shape index (κ1) is 18.3. The summed E-state index contributed by atoms with van der Waals surface area (Å²) in [7, 11) is 0. The molecule has 2 heterocycles. The highest BCUT2D eigenvalue weighted by Gasteiger charge is 2.19. The second kappa shape index (κ2) is 8.60. The van der Waals surface area contributed by atoms with Gasteiger partial charge < -0.3 is 14.6 Å². The van der Waals surface area contributed by atoms with Crippen molar-refractivity contribution in [2.24, 2.45) is 0 Å². The van der Waals surface area contributed by atoms with Gasteiger partial charge in [-0.05, 0) is 0 Å². The van der Waals surface area contributed by atoms with Crippen LogP contribution in [0.25, 0.3) is 0 Å². The van der Waals surface area contributed by atoms with Crippen LogP contribution >= 0.6 is 35.6 Å². The van der Waals surface area contributed by atoms with Gasteiger partial charge in [-0.2, -0.15) is 0 Å². The van der Waals surface area contributed by atoms with E-state index in [1.54, 1.807) is 0 Å². The Morgan fingerprint density at radius 1 is 1.43 bits per heavy atom. The van der Waals surface area contributed by atoms with Crippen LogP contribution in [0.2, 0.25) is 10.0 Å². The molecule has 1 N–H and O–H groups in total. The summed E-state index contributed by atoms with van der Waals surface area (Å²) in [6, 6.07) is 0. The molecule has 0 aromatic carbocycles. The zero-order chi connectivity index (χ0) is 14.5. The lowest BCUT2D eigenvalue weighted by atomic mass is 10.2. The van der Waals surface area contributed by atoms with Crippen LogP contribution < -0.4 is 4.74 Å². The fourth-order valence-corrected chi connectivity index (χ4v) is 2.40. The number of aromatic nitrogens is 1. The number of carboxylic acid groups (broad SMARTS) is 1. The van der Waals surface area contributed by atoms with E-state index in [0.29, 0.717) is 26.4 Å². The van der Waals surface area contributed by atoms with Crippen molar-refractivity contribution >= 4 is 41.6 Å². The van der Waals surface area contributed by atoms with E-state index in [4.69, 9.17) is 37.8 Å². The average Bonchev–Trinajstić information content (AvgIpc) is 2.42. The van der Waals surface area contributed by atoms with E-state index in [0.717, 1.165) is 13.1 Å². The van der Waals surface area contributed by atoms with Crippen molar-refractivity contribution in [2.45, 2.75) is 0 Å². The highest BCUT2D eigenvalue weighted by Crippen LogP contribution is 2.31. The fraction of sp³-hybridized carbons (Fsp3) is 0.500. The SMILES string of the molecule is Cl.O=C(O)c1c(Cl)cnc(OCCN2CCOCC2)c1Cl. The average molecular weight is 358 g/mol. The summed E-state index contributed by atoms with van der Waals surface area (Å²) in [6.07, 6.45) is 1.22. The number of carbonyl (C=O) groups is 1. The molecular weight excluding hydrogens is 343 g/mol. The molecule has 0 unspecified atom stereocenters. The third kappa shape index (κ3) is 4.86. The molecule has 0 bridgehead atoms. The highest BCUT2D eigenvalue weighted by molar-refractivity contribution is 6.39. The van der Waals surface area contributed by atoms with Gasteiger partial charge in [0.1, 0.15) is 17.2 Å². The van der Waals surface area contributed by atoms with Crippen molar-refractivity contribution in [3.8, 4) is 5.88 Å². The standard InChI is InChI=1S/C12H14Cl2N2O4.ClH/c13-8-7-15-11(10(14)9(8)12(17)18)20-6-3-16-1-4-19-5-2-16;/h7H,1-6H2,(H,17,18);1H. The molecule has 0 amide bonds. The lowest BCUT2D eigenvalue weighted by Crippen LogP contribution is -2.38. The molecule has 1 aliphatic rings. The maximum Gasteiger partial charge on any atom is 0.339 e. The molecule has 0 aliphatic carbocycles. The lowest BCUT2D eigenvalue weighted by Gasteiger charge is -2.26. The Balaban J connectivity index is 0.00000220. The van der Waals surface area contributed by atoms with Crippen LogP contribution in [-0.4, -0.2) is 60.4 Å². The van der Waals surface area contributed by atoms with Gasteiger partial charge in [-0.25, -0.2) is 9.78 Å². The maximum absolute atomic E-state index is 11.0. The van der Waals surface area contributed by atoms with Gasteiger partial charge in [0, 0.05) is 19.6 Å². The van der Waals surface area contributed by atoms with Crippen molar-refractivity contribution in [3.63, 3.8) is 0 Å². The van der Waals surface area contributed by atoms with Crippen LogP contribution in [0.4, 0.5) is 0 Å². The molecule has 1 aromatic rings. The predicted molar refractivity (Wildman–Crippen MR) is 81.2 cm³/mol. The van der Waals surface area contributed by atoms with Gasteiger partial charge in [0.25, 0.3) is 0 Å². The van der Waals surface area contributed by atoms with E-state index in [1.807, 2.05) is 0 Å². The van der Waals surface area contributed by atoms with E-state index in [1.165, 1.54) is 6.20 Å².